The van der Waals surface area contributed by atoms with Crippen molar-refractivity contribution in [2.24, 2.45) is 0 Å². The maximum absolute atomic E-state index is 9.02. The zero-order chi connectivity index (χ0) is 9.80. The first kappa shape index (κ1) is 10.4. The summed E-state index contributed by atoms with van der Waals surface area (Å²) in [6, 6.07) is 1.39. The molecule has 2 rings (SSSR count). The van der Waals surface area contributed by atoms with E-state index in [1.54, 1.807) is 0 Å². The van der Waals surface area contributed by atoms with Gasteiger partial charge in [0, 0.05) is 18.6 Å². The third-order valence-corrected chi connectivity index (χ3v) is 3.61. The molecule has 82 valence electrons. The predicted molar refractivity (Wildman–Crippen MR) is 57.3 cm³/mol. The maximum atomic E-state index is 9.02. The number of β-amino-alcohol motifs (C(OH)–C–C–N with tert-alkyl or cyclic N) is 1. The lowest BCUT2D eigenvalue weighted by Crippen LogP contribution is -2.50. The first-order chi connectivity index (χ1) is 6.92. The quantitative estimate of drug-likeness (QED) is 0.696. The van der Waals surface area contributed by atoms with Gasteiger partial charge in [0.25, 0.3) is 0 Å². The summed E-state index contributed by atoms with van der Waals surface area (Å²) in [7, 11) is 0. The number of aliphatic hydroxyl groups excluding tert-OH is 1. The molecular formula is C11H22N2O. The number of hydrogen-bond acceptors (Lipinski definition) is 3. The SMILES string of the molecule is OCCN1CCCCC1C1CCCN1. The van der Waals surface area contributed by atoms with Crippen LogP contribution in [0.1, 0.15) is 32.1 Å². The third kappa shape index (κ3) is 2.27. The van der Waals surface area contributed by atoms with E-state index in [0.717, 1.165) is 6.54 Å². The molecule has 14 heavy (non-hydrogen) atoms. The molecule has 2 N–H and O–H groups in total. The van der Waals surface area contributed by atoms with Crippen molar-refractivity contribution >= 4 is 0 Å². The first-order valence-corrected chi connectivity index (χ1v) is 6.00. The van der Waals surface area contributed by atoms with Crippen LogP contribution in [0.3, 0.4) is 0 Å². The second kappa shape index (κ2) is 5.10. The summed E-state index contributed by atoms with van der Waals surface area (Å²) in [4.78, 5) is 2.48. The molecule has 2 aliphatic rings. The fourth-order valence-corrected chi connectivity index (χ4v) is 2.92. The minimum atomic E-state index is 0.309. The van der Waals surface area contributed by atoms with E-state index in [0.29, 0.717) is 18.7 Å². The van der Waals surface area contributed by atoms with Crippen LogP contribution in [0.15, 0.2) is 0 Å². The summed E-state index contributed by atoms with van der Waals surface area (Å²) in [5, 5.41) is 12.6. The Morgan fingerprint density at radius 2 is 2.14 bits per heavy atom. The molecule has 3 heteroatoms. The minimum Gasteiger partial charge on any atom is -0.395 e. The van der Waals surface area contributed by atoms with E-state index in [1.807, 2.05) is 0 Å². The zero-order valence-electron chi connectivity index (χ0n) is 8.91. The molecule has 0 bridgehead atoms. The molecular weight excluding hydrogens is 176 g/mol. The number of likely N-dealkylation sites (tertiary alicyclic amines) is 1. The molecule has 0 aromatic carbocycles. The third-order valence-electron chi connectivity index (χ3n) is 3.61. The summed E-state index contributed by atoms with van der Waals surface area (Å²) in [6.07, 6.45) is 6.65. The van der Waals surface area contributed by atoms with Gasteiger partial charge >= 0.3 is 0 Å². The van der Waals surface area contributed by atoms with Crippen LogP contribution in [-0.4, -0.2) is 48.3 Å². The lowest BCUT2D eigenvalue weighted by atomic mass is 9.94. The summed E-state index contributed by atoms with van der Waals surface area (Å²) in [5.74, 6) is 0. The smallest absolute Gasteiger partial charge is 0.0558 e. The largest absolute Gasteiger partial charge is 0.395 e. The average molecular weight is 198 g/mol. The lowest BCUT2D eigenvalue weighted by molar-refractivity contribution is 0.0958. The van der Waals surface area contributed by atoms with Crippen molar-refractivity contribution in [1.29, 1.82) is 0 Å². The number of nitrogens with one attached hydrogen (secondary N) is 1. The van der Waals surface area contributed by atoms with Crippen LogP contribution in [0.5, 0.6) is 0 Å². The molecule has 2 aliphatic heterocycles. The fourth-order valence-electron chi connectivity index (χ4n) is 2.92. The summed E-state index contributed by atoms with van der Waals surface area (Å²) in [6.45, 7) is 3.55. The second-order valence-electron chi connectivity index (χ2n) is 4.53. The van der Waals surface area contributed by atoms with Crippen LogP contribution in [-0.2, 0) is 0 Å². The summed E-state index contributed by atoms with van der Waals surface area (Å²) < 4.78 is 0. The van der Waals surface area contributed by atoms with Gasteiger partial charge < -0.3 is 10.4 Å². The maximum Gasteiger partial charge on any atom is 0.0558 e. The van der Waals surface area contributed by atoms with E-state index in [2.05, 4.69) is 10.2 Å². The van der Waals surface area contributed by atoms with Gasteiger partial charge in [-0.3, -0.25) is 4.90 Å². The lowest BCUT2D eigenvalue weighted by Gasteiger charge is -2.38. The average Bonchev–Trinajstić information content (AvgIpc) is 2.72. The van der Waals surface area contributed by atoms with Gasteiger partial charge in [0.15, 0.2) is 0 Å². The van der Waals surface area contributed by atoms with Gasteiger partial charge in [-0.1, -0.05) is 6.42 Å². The Balaban J connectivity index is 1.91. The molecule has 0 saturated carbocycles. The molecule has 0 amide bonds. The minimum absolute atomic E-state index is 0.309. The van der Waals surface area contributed by atoms with Crippen molar-refractivity contribution in [3.63, 3.8) is 0 Å². The molecule has 2 heterocycles. The molecule has 2 fully saturated rings. The Bertz CT molecular complexity index is 167. The molecule has 0 aliphatic carbocycles. The standard InChI is InChI=1S/C11H22N2O/c14-9-8-13-7-2-1-5-11(13)10-4-3-6-12-10/h10-12,14H,1-9H2. The van der Waals surface area contributed by atoms with E-state index < -0.39 is 0 Å². The molecule has 2 saturated heterocycles. The normalized spacial score (nSPS) is 34.9. The highest BCUT2D eigenvalue weighted by Gasteiger charge is 2.30. The highest BCUT2D eigenvalue weighted by atomic mass is 16.3. The van der Waals surface area contributed by atoms with Crippen LogP contribution < -0.4 is 5.32 Å². The van der Waals surface area contributed by atoms with Gasteiger partial charge in [-0.05, 0) is 38.8 Å². The van der Waals surface area contributed by atoms with Gasteiger partial charge in [-0.2, -0.15) is 0 Å². The Kier molecular flexibility index (Phi) is 3.79. The van der Waals surface area contributed by atoms with Gasteiger partial charge in [0.2, 0.25) is 0 Å². The van der Waals surface area contributed by atoms with Crippen LogP contribution in [0, 0.1) is 0 Å². The van der Waals surface area contributed by atoms with Gasteiger partial charge in [0.1, 0.15) is 0 Å². The van der Waals surface area contributed by atoms with E-state index in [4.69, 9.17) is 5.11 Å². The van der Waals surface area contributed by atoms with Crippen molar-refractivity contribution in [3.05, 3.63) is 0 Å². The highest BCUT2D eigenvalue weighted by molar-refractivity contribution is 4.90. The second-order valence-corrected chi connectivity index (χ2v) is 4.53. The number of piperidine rings is 1. The fraction of sp³-hybridized carbons (Fsp3) is 1.00. The van der Waals surface area contributed by atoms with Crippen LogP contribution in [0.4, 0.5) is 0 Å². The first-order valence-electron chi connectivity index (χ1n) is 6.00. The summed E-state index contributed by atoms with van der Waals surface area (Å²) >= 11 is 0. The molecule has 0 aromatic rings. The van der Waals surface area contributed by atoms with E-state index in [1.165, 1.54) is 45.2 Å². The van der Waals surface area contributed by atoms with Crippen molar-refractivity contribution in [2.75, 3.05) is 26.2 Å². The number of rotatable bonds is 3. The van der Waals surface area contributed by atoms with Crippen molar-refractivity contribution in [1.82, 2.24) is 10.2 Å². The molecule has 0 radical (unpaired) electrons. The Labute approximate surface area is 86.5 Å². The predicted octanol–water partition coefficient (Wildman–Crippen LogP) is 0.585. The molecule has 2 unspecified atom stereocenters. The Hall–Kier alpha value is -0.120. The van der Waals surface area contributed by atoms with Crippen LogP contribution >= 0.6 is 0 Å². The Morgan fingerprint density at radius 1 is 1.21 bits per heavy atom. The molecule has 3 nitrogen and oxygen atoms in total. The Morgan fingerprint density at radius 3 is 2.86 bits per heavy atom. The monoisotopic (exact) mass is 198 g/mol. The van der Waals surface area contributed by atoms with Gasteiger partial charge in [-0.25, -0.2) is 0 Å². The topological polar surface area (TPSA) is 35.5 Å². The van der Waals surface area contributed by atoms with Crippen molar-refractivity contribution in [2.45, 2.75) is 44.2 Å². The molecule has 0 spiro atoms. The van der Waals surface area contributed by atoms with Crippen molar-refractivity contribution < 1.29 is 5.11 Å². The van der Waals surface area contributed by atoms with E-state index >= 15 is 0 Å². The van der Waals surface area contributed by atoms with Gasteiger partial charge in [-0.15, -0.1) is 0 Å². The number of hydrogen-bond donors (Lipinski definition) is 2. The van der Waals surface area contributed by atoms with Crippen molar-refractivity contribution in [3.8, 4) is 0 Å². The van der Waals surface area contributed by atoms with Crippen LogP contribution in [0.2, 0.25) is 0 Å². The number of aliphatic hydroxyl groups is 1. The van der Waals surface area contributed by atoms with Gasteiger partial charge in [0.05, 0.1) is 6.61 Å². The highest BCUT2D eigenvalue weighted by Crippen LogP contribution is 2.23. The van der Waals surface area contributed by atoms with E-state index in [-0.39, 0.29) is 0 Å². The molecule has 2 atom stereocenters. The zero-order valence-corrected chi connectivity index (χ0v) is 8.91. The van der Waals surface area contributed by atoms with Crippen LogP contribution in [0.25, 0.3) is 0 Å². The van der Waals surface area contributed by atoms with E-state index in [9.17, 15) is 0 Å². The summed E-state index contributed by atoms with van der Waals surface area (Å²) in [5.41, 5.74) is 0. The molecule has 0 aromatic heterocycles. The number of nitrogens with zero attached hydrogens (tertiary/aromatic N) is 1.